The van der Waals surface area contributed by atoms with Gasteiger partial charge in [-0.05, 0) is 36.8 Å². The van der Waals surface area contributed by atoms with Gasteiger partial charge in [0.1, 0.15) is 5.65 Å². The van der Waals surface area contributed by atoms with E-state index in [1.807, 2.05) is 0 Å². The molecule has 0 spiro atoms. The molecule has 1 aliphatic carbocycles. The Morgan fingerprint density at radius 2 is 2.24 bits per heavy atom. The van der Waals surface area contributed by atoms with E-state index < -0.39 is 10.0 Å². The number of nitrogen functional groups attached to an aromatic ring is 1. The topological polar surface area (TPSA) is 102 Å². The highest BCUT2D eigenvalue weighted by molar-refractivity contribution is 7.89. The SMILES string of the molecule is CC(CNS(=O)(=O)c1c(NN)nc2ccccn12)C1CC1. The predicted octanol–water partition coefficient (Wildman–Crippen LogP) is 0.944. The second kappa shape index (κ2) is 5.28. The minimum Gasteiger partial charge on any atom is -0.306 e. The summed E-state index contributed by atoms with van der Waals surface area (Å²) >= 11 is 0. The molecular weight excluding hydrogens is 290 g/mol. The van der Waals surface area contributed by atoms with Gasteiger partial charge in [-0.25, -0.2) is 24.0 Å². The lowest BCUT2D eigenvalue weighted by atomic mass is 10.1. The molecule has 1 unspecified atom stereocenters. The average Bonchev–Trinajstić information content (AvgIpc) is 3.24. The van der Waals surface area contributed by atoms with Gasteiger partial charge in [0.05, 0.1) is 0 Å². The van der Waals surface area contributed by atoms with Crippen molar-refractivity contribution in [2.24, 2.45) is 17.7 Å². The molecule has 21 heavy (non-hydrogen) atoms. The molecule has 0 aliphatic heterocycles. The summed E-state index contributed by atoms with van der Waals surface area (Å²) in [5.41, 5.74) is 2.89. The Morgan fingerprint density at radius 3 is 2.90 bits per heavy atom. The molecular formula is C13H19N5O2S. The maximum absolute atomic E-state index is 12.6. The van der Waals surface area contributed by atoms with Crippen molar-refractivity contribution in [2.45, 2.75) is 24.8 Å². The molecule has 1 fully saturated rings. The number of sulfonamides is 1. The molecule has 0 saturated heterocycles. The third-order valence-corrected chi connectivity index (χ3v) is 5.35. The van der Waals surface area contributed by atoms with Gasteiger partial charge in [0.2, 0.25) is 0 Å². The molecule has 1 aliphatic rings. The minimum absolute atomic E-state index is 0.0450. The summed E-state index contributed by atoms with van der Waals surface area (Å²) in [7, 11) is -3.68. The smallest absolute Gasteiger partial charge is 0.260 e. The first-order valence-electron chi connectivity index (χ1n) is 6.96. The van der Waals surface area contributed by atoms with Crippen molar-refractivity contribution in [3.05, 3.63) is 24.4 Å². The van der Waals surface area contributed by atoms with Gasteiger partial charge in [0.25, 0.3) is 10.0 Å². The van der Waals surface area contributed by atoms with Crippen molar-refractivity contribution in [1.82, 2.24) is 14.1 Å². The van der Waals surface area contributed by atoms with E-state index in [0.717, 1.165) is 0 Å². The Morgan fingerprint density at radius 1 is 1.48 bits per heavy atom. The maximum Gasteiger partial charge on any atom is 0.260 e. The van der Waals surface area contributed by atoms with Crippen LogP contribution in [0.25, 0.3) is 5.65 Å². The number of nitrogens with two attached hydrogens (primary N) is 1. The summed E-state index contributed by atoms with van der Waals surface area (Å²) in [5.74, 6) is 6.54. The van der Waals surface area contributed by atoms with Crippen LogP contribution in [0.1, 0.15) is 19.8 Å². The summed E-state index contributed by atoms with van der Waals surface area (Å²) in [6, 6.07) is 5.27. The first-order valence-corrected chi connectivity index (χ1v) is 8.44. The van der Waals surface area contributed by atoms with E-state index in [4.69, 9.17) is 5.84 Å². The van der Waals surface area contributed by atoms with Gasteiger partial charge < -0.3 is 5.43 Å². The van der Waals surface area contributed by atoms with E-state index in [2.05, 4.69) is 22.1 Å². The third-order valence-electron chi connectivity index (χ3n) is 3.90. The lowest BCUT2D eigenvalue weighted by molar-refractivity contribution is 0.491. The van der Waals surface area contributed by atoms with Crippen molar-refractivity contribution in [3.8, 4) is 0 Å². The van der Waals surface area contributed by atoms with Crippen LogP contribution in [0.4, 0.5) is 5.82 Å². The molecule has 4 N–H and O–H groups in total. The van der Waals surface area contributed by atoms with Gasteiger partial charge >= 0.3 is 0 Å². The van der Waals surface area contributed by atoms with Crippen LogP contribution >= 0.6 is 0 Å². The Balaban J connectivity index is 1.93. The Bertz CT molecular complexity index is 751. The highest BCUT2D eigenvalue weighted by Gasteiger charge is 2.30. The van der Waals surface area contributed by atoms with Crippen molar-refractivity contribution in [1.29, 1.82) is 0 Å². The lowest BCUT2D eigenvalue weighted by Crippen LogP contribution is -2.30. The van der Waals surface area contributed by atoms with E-state index in [0.29, 0.717) is 24.0 Å². The minimum atomic E-state index is -3.68. The Hall–Kier alpha value is -1.64. The van der Waals surface area contributed by atoms with Crippen molar-refractivity contribution in [2.75, 3.05) is 12.0 Å². The van der Waals surface area contributed by atoms with Gasteiger partial charge in [0.15, 0.2) is 10.8 Å². The maximum atomic E-state index is 12.6. The molecule has 0 aromatic carbocycles. The normalized spacial score (nSPS) is 17.0. The summed E-state index contributed by atoms with van der Waals surface area (Å²) in [5, 5.41) is 0.0450. The highest BCUT2D eigenvalue weighted by Crippen LogP contribution is 2.36. The summed E-state index contributed by atoms with van der Waals surface area (Å²) in [6.45, 7) is 2.49. The van der Waals surface area contributed by atoms with Crippen molar-refractivity contribution >= 4 is 21.5 Å². The standard InChI is InChI=1S/C13H19N5O2S/c1-9(10-5-6-10)8-15-21(19,20)13-12(17-14)16-11-4-2-3-7-18(11)13/h2-4,7,9-10,15,17H,5-6,8,14H2,1H3. The summed E-state index contributed by atoms with van der Waals surface area (Å²) in [6.07, 6.45) is 4.03. The molecule has 2 aromatic rings. The first-order chi connectivity index (χ1) is 10.0. The van der Waals surface area contributed by atoms with E-state index in [9.17, 15) is 8.42 Å². The number of pyridine rings is 1. The van der Waals surface area contributed by atoms with E-state index in [1.165, 1.54) is 17.2 Å². The van der Waals surface area contributed by atoms with Crippen LogP contribution in [-0.2, 0) is 10.0 Å². The van der Waals surface area contributed by atoms with Crippen LogP contribution < -0.4 is 16.0 Å². The number of rotatable bonds is 6. The largest absolute Gasteiger partial charge is 0.306 e. The summed E-state index contributed by atoms with van der Waals surface area (Å²) < 4.78 is 29.3. The van der Waals surface area contributed by atoms with Crippen LogP contribution in [0.2, 0.25) is 0 Å². The Kier molecular flexibility index (Phi) is 3.60. The number of hydrogen-bond donors (Lipinski definition) is 3. The number of imidazole rings is 1. The predicted molar refractivity (Wildman–Crippen MR) is 80.1 cm³/mol. The lowest BCUT2D eigenvalue weighted by Gasteiger charge is -2.12. The van der Waals surface area contributed by atoms with Crippen LogP contribution in [0.15, 0.2) is 29.4 Å². The molecule has 0 bridgehead atoms. The molecule has 1 atom stereocenters. The second-order valence-corrected chi connectivity index (χ2v) is 7.19. The monoisotopic (exact) mass is 309 g/mol. The van der Waals surface area contributed by atoms with Gasteiger partial charge in [0, 0.05) is 12.7 Å². The van der Waals surface area contributed by atoms with Crippen LogP contribution in [0.3, 0.4) is 0 Å². The van der Waals surface area contributed by atoms with Gasteiger partial charge in [-0.15, -0.1) is 0 Å². The average molecular weight is 309 g/mol. The number of hydrazine groups is 1. The molecule has 0 radical (unpaired) electrons. The highest BCUT2D eigenvalue weighted by atomic mass is 32.2. The number of anilines is 1. The molecule has 3 rings (SSSR count). The zero-order valence-electron chi connectivity index (χ0n) is 11.8. The first kappa shape index (κ1) is 14.3. The van der Waals surface area contributed by atoms with Crippen molar-refractivity contribution < 1.29 is 8.42 Å². The van der Waals surface area contributed by atoms with E-state index in [-0.39, 0.29) is 10.8 Å². The van der Waals surface area contributed by atoms with Gasteiger partial charge in [-0.3, -0.25) is 4.40 Å². The number of hydrogen-bond acceptors (Lipinski definition) is 5. The number of aromatic nitrogens is 2. The summed E-state index contributed by atoms with van der Waals surface area (Å²) in [4.78, 5) is 4.18. The molecule has 1 saturated carbocycles. The van der Waals surface area contributed by atoms with E-state index in [1.54, 1.807) is 24.4 Å². The molecule has 114 valence electrons. The van der Waals surface area contributed by atoms with Crippen LogP contribution in [0.5, 0.6) is 0 Å². The fourth-order valence-corrected chi connectivity index (χ4v) is 3.86. The zero-order chi connectivity index (χ0) is 15.0. The zero-order valence-corrected chi connectivity index (χ0v) is 12.6. The fraction of sp³-hybridized carbons (Fsp3) is 0.462. The molecule has 2 heterocycles. The van der Waals surface area contributed by atoms with Gasteiger partial charge in [-0.1, -0.05) is 13.0 Å². The third kappa shape index (κ3) is 2.74. The number of nitrogens with one attached hydrogen (secondary N) is 2. The van der Waals surface area contributed by atoms with Crippen molar-refractivity contribution in [3.63, 3.8) is 0 Å². The fourth-order valence-electron chi connectivity index (χ4n) is 2.47. The van der Waals surface area contributed by atoms with Gasteiger partial charge in [-0.2, -0.15) is 0 Å². The molecule has 8 heteroatoms. The second-order valence-electron chi connectivity index (χ2n) is 5.51. The Labute approximate surface area is 123 Å². The molecule has 2 aromatic heterocycles. The number of fused-ring (bicyclic) bond motifs is 1. The molecule has 7 nitrogen and oxygen atoms in total. The molecule has 0 amide bonds. The quantitative estimate of drug-likeness (QED) is 0.544. The number of nitrogens with zero attached hydrogens (tertiary/aromatic N) is 2. The van der Waals surface area contributed by atoms with Crippen LogP contribution in [0, 0.1) is 11.8 Å². The van der Waals surface area contributed by atoms with Crippen LogP contribution in [-0.4, -0.2) is 24.3 Å². The van der Waals surface area contributed by atoms with E-state index >= 15 is 0 Å².